The zero-order valence-corrected chi connectivity index (χ0v) is 36.1. The number of carbonyl (C=O) groups is 2. The fourth-order valence-electron chi connectivity index (χ4n) is 7.87. The molecule has 0 amide bonds. The standard InChI is InChI=1S/C53H38I2O4/c56-52(57)45-27-14-12-25-43(45)49-41-23-10-11-24-42(41)50(44-26-13-15-28-46(44)53(58)59)51-47(49)29-16-30-48(51)55(39-21-8-3-9-22-39)40-33-31-38(32-34-40)54(37-19-6-2-7-20-37)35-36-17-4-1-5-18-36/h1-34H,35H2,(H,56,57)(H,58,59). The Morgan fingerprint density at radius 1 is 0.390 bits per heavy atom. The third-order valence-corrected chi connectivity index (χ3v) is 22.5. The van der Waals surface area contributed by atoms with Crippen molar-refractivity contribution in [3.63, 3.8) is 0 Å². The molecule has 9 aromatic rings. The molecular formula is C53H38I2O4. The van der Waals surface area contributed by atoms with Crippen molar-refractivity contribution in [1.29, 1.82) is 0 Å². The van der Waals surface area contributed by atoms with Crippen molar-refractivity contribution in [1.82, 2.24) is 0 Å². The SMILES string of the molecule is O=C(O)c1ccccc1-c1c2ccccc2c(-c2ccccc2C(=O)O)c2c(I(c3ccccc3)c3ccc(I(Cc4ccccc4)c4ccccc4)cc3)cccc12. The first kappa shape index (κ1) is 38.4. The Bertz CT molecular complexity index is 2970. The molecule has 9 aromatic carbocycles. The van der Waals surface area contributed by atoms with Crippen LogP contribution >= 0.6 is 39.6 Å². The van der Waals surface area contributed by atoms with Gasteiger partial charge in [-0.1, -0.05) is 0 Å². The van der Waals surface area contributed by atoms with E-state index in [-0.39, 0.29) is 11.1 Å². The fraction of sp³-hybridized carbons (Fsp3) is 0.0189. The van der Waals surface area contributed by atoms with Crippen LogP contribution in [0.3, 0.4) is 0 Å². The van der Waals surface area contributed by atoms with E-state index in [1.165, 1.54) is 19.8 Å². The van der Waals surface area contributed by atoms with Crippen LogP contribution in [0.25, 0.3) is 43.8 Å². The average Bonchev–Trinajstić information content (AvgIpc) is 3.29. The molecule has 0 atom stereocenters. The molecule has 0 heterocycles. The summed E-state index contributed by atoms with van der Waals surface area (Å²) >= 11 is -4.47. The van der Waals surface area contributed by atoms with Crippen molar-refractivity contribution in [3.8, 4) is 22.3 Å². The molecule has 0 fully saturated rings. The van der Waals surface area contributed by atoms with E-state index < -0.39 is 51.6 Å². The first-order valence-electron chi connectivity index (χ1n) is 19.2. The number of hydrogen-bond acceptors (Lipinski definition) is 2. The molecule has 59 heavy (non-hydrogen) atoms. The summed E-state index contributed by atoms with van der Waals surface area (Å²) in [6.45, 7) is 0. The van der Waals surface area contributed by atoms with Crippen LogP contribution in [0, 0.1) is 17.9 Å². The fourth-order valence-corrected chi connectivity index (χ4v) is 19.3. The molecule has 0 spiro atoms. The molecule has 4 nitrogen and oxygen atoms in total. The summed E-state index contributed by atoms with van der Waals surface area (Å²) in [5.41, 5.74) is 4.69. The molecule has 6 heteroatoms. The van der Waals surface area contributed by atoms with E-state index >= 15 is 0 Å². The first-order valence-corrected chi connectivity index (χ1v) is 26.1. The Balaban J connectivity index is 1.34. The van der Waals surface area contributed by atoms with Gasteiger partial charge in [-0.25, -0.2) is 0 Å². The van der Waals surface area contributed by atoms with Gasteiger partial charge in [0.2, 0.25) is 0 Å². The Kier molecular flexibility index (Phi) is 11.1. The Hall–Kier alpha value is -6.10. The van der Waals surface area contributed by atoms with Crippen LogP contribution in [-0.2, 0) is 4.43 Å². The van der Waals surface area contributed by atoms with Crippen LogP contribution in [0.15, 0.2) is 206 Å². The molecule has 0 aliphatic heterocycles. The van der Waals surface area contributed by atoms with Gasteiger partial charge in [-0.05, 0) is 0 Å². The molecule has 2 N–H and O–H groups in total. The molecule has 0 bridgehead atoms. The van der Waals surface area contributed by atoms with E-state index in [2.05, 4.69) is 127 Å². The van der Waals surface area contributed by atoms with Crippen molar-refractivity contribution < 1.29 is 19.8 Å². The van der Waals surface area contributed by atoms with Crippen LogP contribution in [0.5, 0.6) is 0 Å². The summed E-state index contributed by atoms with van der Waals surface area (Å²) in [6.07, 6.45) is 0. The number of carboxylic acid groups (broad SMARTS) is 2. The van der Waals surface area contributed by atoms with E-state index in [0.29, 0.717) is 11.1 Å². The molecule has 0 saturated carbocycles. The van der Waals surface area contributed by atoms with E-state index in [1.54, 1.807) is 24.3 Å². The number of aromatic carboxylic acids is 2. The molecule has 0 radical (unpaired) electrons. The summed E-state index contributed by atoms with van der Waals surface area (Å²) in [6, 6.07) is 70.7. The van der Waals surface area contributed by atoms with Crippen LogP contribution in [0.2, 0.25) is 0 Å². The third kappa shape index (κ3) is 7.54. The molecule has 0 saturated heterocycles. The molecule has 9 rings (SSSR count). The molecule has 0 unspecified atom stereocenters. The van der Waals surface area contributed by atoms with E-state index in [0.717, 1.165) is 40.7 Å². The third-order valence-electron chi connectivity index (χ3n) is 10.4. The van der Waals surface area contributed by atoms with Gasteiger partial charge in [0.25, 0.3) is 0 Å². The number of fused-ring (bicyclic) bond motifs is 2. The van der Waals surface area contributed by atoms with Gasteiger partial charge in [0.05, 0.1) is 0 Å². The maximum atomic E-state index is 13.0. The second-order valence-electron chi connectivity index (χ2n) is 14.0. The monoisotopic (exact) mass is 992 g/mol. The topological polar surface area (TPSA) is 74.6 Å². The number of rotatable bonds is 11. The molecule has 0 aliphatic rings. The van der Waals surface area contributed by atoms with Gasteiger partial charge < -0.3 is 0 Å². The van der Waals surface area contributed by atoms with Crippen molar-refractivity contribution in [2.75, 3.05) is 0 Å². The zero-order chi connectivity index (χ0) is 40.3. The average molecular weight is 993 g/mol. The van der Waals surface area contributed by atoms with Gasteiger partial charge in [-0.3, -0.25) is 0 Å². The van der Waals surface area contributed by atoms with Crippen molar-refractivity contribution >= 4 is 73.1 Å². The van der Waals surface area contributed by atoms with Gasteiger partial charge >= 0.3 is 360 Å². The summed E-state index contributed by atoms with van der Waals surface area (Å²) in [7, 11) is 0. The van der Waals surface area contributed by atoms with E-state index in [4.69, 9.17) is 0 Å². The Labute approximate surface area is 357 Å². The van der Waals surface area contributed by atoms with Gasteiger partial charge in [0, 0.05) is 0 Å². The molecular weight excluding hydrogens is 954 g/mol. The summed E-state index contributed by atoms with van der Waals surface area (Å²) < 4.78 is 7.51. The van der Waals surface area contributed by atoms with Crippen LogP contribution in [-0.4, -0.2) is 22.2 Å². The molecule has 288 valence electrons. The van der Waals surface area contributed by atoms with Gasteiger partial charge in [-0.15, -0.1) is 0 Å². The molecule has 0 aromatic heterocycles. The summed E-state index contributed by atoms with van der Waals surface area (Å²) in [5, 5.41) is 24.7. The predicted molar refractivity (Wildman–Crippen MR) is 257 cm³/mol. The van der Waals surface area contributed by atoms with Crippen LogP contribution < -0.4 is 0 Å². The minimum absolute atomic E-state index is 0.213. The minimum atomic E-state index is -2.58. The van der Waals surface area contributed by atoms with Crippen molar-refractivity contribution in [3.05, 3.63) is 241 Å². The number of benzene rings is 9. The Morgan fingerprint density at radius 3 is 1.41 bits per heavy atom. The quantitative estimate of drug-likeness (QED) is 0.0769. The normalized spacial score (nSPS) is 11.7. The van der Waals surface area contributed by atoms with Crippen LogP contribution in [0.4, 0.5) is 0 Å². The number of alkyl halides is 1. The van der Waals surface area contributed by atoms with Crippen molar-refractivity contribution in [2.45, 2.75) is 4.43 Å². The summed E-state index contributed by atoms with van der Waals surface area (Å²) in [5.74, 6) is -2.00. The van der Waals surface area contributed by atoms with Gasteiger partial charge in [-0.2, -0.15) is 0 Å². The van der Waals surface area contributed by atoms with Gasteiger partial charge in [0.15, 0.2) is 0 Å². The van der Waals surface area contributed by atoms with Crippen molar-refractivity contribution in [2.24, 2.45) is 0 Å². The Morgan fingerprint density at radius 2 is 0.814 bits per heavy atom. The van der Waals surface area contributed by atoms with E-state index in [9.17, 15) is 19.8 Å². The predicted octanol–water partition coefficient (Wildman–Crippen LogP) is 13.9. The second kappa shape index (κ2) is 17.0. The maximum absolute atomic E-state index is 13.0. The number of halogens is 2. The molecule has 0 aliphatic carbocycles. The first-order chi connectivity index (χ1) is 29.0. The number of carboxylic acids is 2. The van der Waals surface area contributed by atoms with E-state index in [1.807, 2.05) is 54.6 Å². The van der Waals surface area contributed by atoms with Gasteiger partial charge in [0.1, 0.15) is 0 Å². The number of hydrogen-bond donors (Lipinski definition) is 2. The second-order valence-corrected chi connectivity index (χ2v) is 24.5. The zero-order valence-electron chi connectivity index (χ0n) is 31.8. The summed E-state index contributed by atoms with van der Waals surface area (Å²) in [4.78, 5) is 25.8. The van der Waals surface area contributed by atoms with Crippen LogP contribution in [0.1, 0.15) is 26.3 Å².